The average Bonchev–Trinajstić information content (AvgIpc) is 3.72. The van der Waals surface area contributed by atoms with Crippen molar-refractivity contribution in [3.63, 3.8) is 0 Å². The lowest BCUT2D eigenvalue weighted by Crippen LogP contribution is -2.23. The van der Waals surface area contributed by atoms with Gasteiger partial charge in [-0.3, -0.25) is 4.57 Å². The van der Waals surface area contributed by atoms with Gasteiger partial charge in [0.15, 0.2) is 0 Å². The number of oxime groups is 1. The van der Waals surface area contributed by atoms with Crippen LogP contribution < -0.4 is 18.9 Å². The van der Waals surface area contributed by atoms with Gasteiger partial charge in [-0.25, -0.2) is 14.2 Å². The maximum absolute atomic E-state index is 12.6. The molecule has 0 radical (unpaired) electrons. The minimum absolute atomic E-state index is 0.163. The number of hydrogen-bond donors (Lipinski definition) is 3. The Kier molecular flexibility index (Phi) is 18.5. The molecule has 1 unspecified atom stereocenters. The molecular formula is C43H67NO14P2Si2. The molecule has 0 saturated carbocycles. The van der Waals surface area contributed by atoms with Crippen LogP contribution >= 0.6 is 15.2 Å². The standard InChI is InChI=1S/C23H36NO7PSi.C20H31O7PSi/c1-15(2)24-31-32(26,27)14-16(3)9-10-18-21(28-5)17(4)19-13-30-23(25)20(19)22(18)29-11-12-33(6,7)8;1-13(12-28(22,23)24)7-8-15-18(25-3)14(2)16-11-27-20(21)17(16)19(15)26-9-10-29(4,5)6/h9H,10-14H2,1-8H3,(H,26,27);7H,8-12H2,1-6H3,(H2,22,23,24)/b16-9+;13-7+. The van der Waals surface area contributed by atoms with Crippen LogP contribution in [0.25, 0.3) is 0 Å². The molecule has 2 aliphatic rings. The van der Waals surface area contributed by atoms with E-state index in [9.17, 15) is 33.4 Å². The third kappa shape index (κ3) is 15.2. The number of nitrogens with zero attached hydrogens (tertiary/aromatic N) is 1. The van der Waals surface area contributed by atoms with E-state index < -0.39 is 43.3 Å². The summed E-state index contributed by atoms with van der Waals surface area (Å²) >= 11 is 0. The van der Waals surface area contributed by atoms with Gasteiger partial charge in [-0.05, 0) is 77.6 Å². The largest absolute Gasteiger partial charge is 0.496 e. The number of benzene rings is 2. The molecule has 4 rings (SSSR count). The molecule has 346 valence electrons. The number of methoxy groups -OCH3 is 2. The normalized spacial score (nSPS) is 15.0. The SMILES string of the molecule is COc1c(C)c2c(c(OCC[Si](C)(C)C)c1C/C=C(\C)CP(=O)(O)O)C(=O)OC2.COc1c(C)c2c(c(OCC[Si](C)(C)C)c1C/C=C(\C)CP(=O)(O)ON=C(C)C)C(=O)OC2. The van der Waals surface area contributed by atoms with Gasteiger partial charge in [0.05, 0.1) is 45.5 Å². The molecule has 0 saturated heterocycles. The molecule has 2 heterocycles. The Balaban J connectivity index is 0.000000333. The Morgan fingerprint density at radius 2 is 1.06 bits per heavy atom. The predicted octanol–water partition coefficient (Wildman–Crippen LogP) is 9.54. The highest BCUT2D eigenvalue weighted by Gasteiger charge is 2.35. The molecule has 62 heavy (non-hydrogen) atoms. The van der Waals surface area contributed by atoms with Crippen molar-refractivity contribution in [3.05, 3.63) is 67.8 Å². The van der Waals surface area contributed by atoms with Crippen molar-refractivity contribution < 1.29 is 66.4 Å². The van der Waals surface area contributed by atoms with Crippen molar-refractivity contribution in [1.29, 1.82) is 0 Å². The van der Waals surface area contributed by atoms with Gasteiger partial charge in [0.25, 0.3) is 0 Å². The molecule has 0 aliphatic carbocycles. The lowest BCUT2D eigenvalue weighted by atomic mass is 9.95. The van der Waals surface area contributed by atoms with E-state index in [2.05, 4.69) is 44.4 Å². The first-order valence-corrected chi connectivity index (χ1v) is 31.5. The number of ether oxygens (including phenoxy) is 6. The molecule has 0 amide bonds. The van der Waals surface area contributed by atoms with Crippen LogP contribution in [0.3, 0.4) is 0 Å². The van der Waals surface area contributed by atoms with Gasteiger partial charge < -0.3 is 47.7 Å². The van der Waals surface area contributed by atoms with Crippen LogP contribution in [0, 0.1) is 13.8 Å². The fourth-order valence-electron chi connectivity index (χ4n) is 6.75. The second-order valence-electron chi connectivity index (χ2n) is 18.4. The summed E-state index contributed by atoms with van der Waals surface area (Å²) in [6.45, 7) is 25.4. The summed E-state index contributed by atoms with van der Waals surface area (Å²) in [5.74, 6) is 1.38. The smallest absolute Gasteiger partial charge is 0.401 e. The molecule has 0 aromatic heterocycles. The van der Waals surface area contributed by atoms with Gasteiger partial charge in [-0.15, -0.1) is 0 Å². The highest BCUT2D eigenvalue weighted by molar-refractivity contribution is 7.53. The Bertz CT molecular complexity index is 2180. The van der Waals surface area contributed by atoms with Crippen molar-refractivity contribution in [2.24, 2.45) is 5.16 Å². The Morgan fingerprint density at radius 3 is 1.40 bits per heavy atom. The van der Waals surface area contributed by atoms with Crippen molar-refractivity contribution in [2.45, 2.75) is 119 Å². The van der Waals surface area contributed by atoms with Crippen LogP contribution in [0.15, 0.2) is 28.5 Å². The van der Waals surface area contributed by atoms with Crippen LogP contribution in [0.5, 0.6) is 23.0 Å². The number of cyclic esters (lactones) is 2. The first kappa shape index (κ1) is 52.6. The third-order valence-corrected chi connectivity index (χ3v) is 15.6. The van der Waals surface area contributed by atoms with Gasteiger partial charge in [-0.2, -0.15) is 0 Å². The van der Waals surface area contributed by atoms with E-state index in [1.807, 2.05) is 19.9 Å². The molecule has 2 aliphatic heterocycles. The topological polar surface area (TPSA) is 206 Å². The number of esters is 2. The fourth-order valence-corrected chi connectivity index (χ4v) is 10.1. The molecule has 0 bridgehead atoms. The van der Waals surface area contributed by atoms with Gasteiger partial charge in [0.2, 0.25) is 0 Å². The first-order chi connectivity index (χ1) is 28.6. The molecule has 19 heteroatoms. The quantitative estimate of drug-likeness (QED) is 0.0282. The first-order valence-electron chi connectivity index (χ1n) is 20.5. The summed E-state index contributed by atoms with van der Waals surface area (Å²) in [5, 5.41) is 3.61. The number of carbonyl (C=O) groups is 2. The van der Waals surface area contributed by atoms with Gasteiger partial charge in [-0.1, -0.05) is 67.7 Å². The van der Waals surface area contributed by atoms with E-state index in [1.165, 1.54) is 0 Å². The molecule has 1 atom stereocenters. The molecule has 3 N–H and O–H groups in total. The van der Waals surface area contributed by atoms with Gasteiger partial charge in [0, 0.05) is 38.4 Å². The van der Waals surface area contributed by atoms with Crippen LogP contribution in [-0.4, -0.2) is 88.2 Å². The summed E-state index contributed by atoms with van der Waals surface area (Å²) in [6.07, 6.45) is 3.78. The van der Waals surface area contributed by atoms with Crippen molar-refractivity contribution in [1.82, 2.24) is 0 Å². The molecule has 2 aromatic carbocycles. The highest BCUT2D eigenvalue weighted by Crippen LogP contribution is 2.46. The highest BCUT2D eigenvalue weighted by atomic mass is 31.2. The maximum atomic E-state index is 12.6. The second kappa shape index (κ2) is 21.8. The van der Waals surface area contributed by atoms with Crippen LogP contribution in [0.2, 0.25) is 51.4 Å². The van der Waals surface area contributed by atoms with E-state index in [0.29, 0.717) is 82.6 Å². The third-order valence-electron chi connectivity index (χ3n) is 10.0. The Hall–Kier alpha value is -3.70. The summed E-state index contributed by atoms with van der Waals surface area (Å²) in [7, 11) is -7.60. The molecule has 2 aromatic rings. The van der Waals surface area contributed by atoms with Crippen LogP contribution in [-0.2, 0) is 49.3 Å². The van der Waals surface area contributed by atoms with E-state index in [0.717, 1.165) is 39.9 Å². The van der Waals surface area contributed by atoms with Crippen molar-refractivity contribution in [3.8, 4) is 23.0 Å². The summed E-state index contributed by atoms with van der Waals surface area (Å²) < 4.78 is 62.6. The Labute approximate surface area is 368 Å². The van der Waals surface area contributed by atoms with E-state index in [-0.39, 0.29) is 25.5 Å². The van der Waals surface area contributed by atoms with Gasteiger partial charge >= 0.3 is 27.1 Å². The summed E-state index contributed by atoms with van der Waals surface area (Å²) in [6, 6.07) is 1.86. The lowest BCUT2D eigenvalue weighted by molar-refractivity contribution is 0.0522. The fraction of sp³-hybridized carbons (Fsp3) is 0.558. The Morgan fingerprint density at radius 1 is 0.677 bits per heavy atom. The lowest BCUT2D eigenvalue weighted by Gasteiger charge is -2.21. The van der Waals surface area contributed by atoms with Crippen molar-refractivity contribution >= 4 is 49.0 Å². The van der Waals surface area contributed by atoms with Crippen LogP contribution in [0.4, 0.5) is 0 Å². The number of rotatable bonds is 20. The second-order valence-corrected chi connectivity index (χ2v) is 33.0. The number of hydrogen-bond acceptors (Lipinski definition) is 12. The molecular weight excluding hydrogens is 873 g/mol. The number of allylic oxidation sites excluding steroid dienone is 4. The van der Waals surface area contributed by atoms with E-state index >= 15 is 0 Å². The van der Waals surface area contributed by atoms with Crippen LogP contribution in [0.1, 0.15) is 81.8 Å². The molecule has 15 nitrogen and oxygen atoms in total. The minimum Gasteiger partial charge on any atom is -0.496 e. The number of fused-ring (bicyclic) bond motifs is 2. The van der Waals surface area contributed by atoms with E-state index in [4.69, 9.17) is 33.0 Å². The zero-order chi connectivity index (χ0) is 47.0. The molecule has 0 spiro atoms. The van der Waals surface area contributed by atoms with E-state index in [1.54, 1.807) is 48.0 Å². The summed E-state index contributed by atoms with van der Waals surface area (Å²) in [4.78, 5) is 53.4. The summed E-state index contributed by atoms with van der Waals surface area (Å²) in [5.41, 5.74) is 7.29. The van der Waals surface area contributed by atoms with Crippen molar-refractivity contribution in [2.75, 3.05) is 39.8 Å². The monoisotopic (exact) mass is 939 g/mol. The molecule has 0 fully saturated rings. The number of carbonyl (C=O) groups excluding carboxylic acids is 2. The zero-order valence-electron chi connectivity index (χ0n) is 38.9. The maximum Gasteiger partial charge on any atom is 0.401 e. The minimum atomic E-state index is -4.14. The zero-order valence-corrected chi connectivity index (χ0v) is 42.7. The van der Waals surface area contributed by atoms with Gasteiger partial charge in [0.1, 0.15) is 47.3 Å². The predicted molar refractivity (Wildman–Crippen MR) is 247 cm³/mol. The average molecular weight is 940 g/mol.